The van der Waals surface area contributed by atoms with Crippen LogP contribution in [0.1, 0.15) is 22.8 Å². The number of imide groups is 1. The Balaban J connectivity index is 2.23. The molecular weight excluding hydrogens is 192 g/mol. The molecule has 0 spiro atoms. The average Bonchev–Trinajstić information content (AvgIpc) is 2.62. The van der Waals surface area contributed by atoms with Crippen molar-refractivity contribution in [1.29, 1.82) is 0 Å². The summed E-state index contributed by atoms with van der Waals surface area (Å²) in [5.74, 6) is -0.688. The summed E-state index contributed by atoms with van der Waals surface area (Å²) in [6, 6.07) is 5.44. The molecule has 1 heterocycles. The van der Waals surface area contributed by atoms with Gasteiger partial charge in [0.25, 0.3) is 5.91 Å². The Kier molecular flexibility index (Phi) is 2.41. The number of carbonyl (C=O) groups excluding carboxylic acids is 2. The van der Waals surface area contributed by atoms with Crippen LogP contribution in [0.15, 0.2) is 18.2 Å². The molecule has 0 fully saturated rings. The Morgan fingerprint density at radius 2 is 2.20 bits per heavy atom. The van der Waals surface area contributed by atoms with Crippen LogP contribution in [0.3, 0.4) is 0 Å². The molecule has 1 aromatic rings. The van der Waals surface area contributed by atoms with Crippen LogP contribution in [0, 0.1) is 0 Å². The summed E-state index contributed by atoms with van der Waals surface area (Å²) in [5.41, 5.74) is 2.72. The lowest BCUT2D eigenvalue weighted by Gasteiger charge is -2.04. The van der Waals surface area contributed by atoms with Crippen LogP contribution in [-0.4, -0.2) is 18.4 Å². The van der Waals surface area contributed by atoms with E-state index in [4.69, 9.17) is 0 Å². The molecule has 2 N–H and O–H groups in total. The molecule has 1 aromatic carbocycles. The topological polar surface area (TPSA) is 58.2 Å². The second-order valence-corrected chi connectivity index (χ2v) is 3.56. The van der Waals surface area contributed by atoms with E-state index >= 15 is 0 Å². The first-order chi connectivity index (χ1) is 7.16. The molecule has 1 aliphatic rings. The first kappa shape index (κ1) is 9.71. The van der Waals surface area contributed by atoms with Gasteiger partial charge in [0, 0.05) is 24.7 Å². The number of anilines is 1. The molecule has 4 nitrogen and oxygen atoms in total. The lowest BCUT2D eigenvalue weighted by Crippen LogP contribution is -2.27. The van der Waals surface area contributed by atoms with E-state index in [-0.39, 0.29) is 11.8 Å². The zero-order chi connectivity index (χ0) is 10.8. The summed E-state index contributed by atoms with van der Waals surface area (Å²) in [6.07, 6.45) is 0.990. The van der Waals surface area contributed by atoms with Crippen LogP contribution in [0.5, 0.6) is 0 Å². The maximum atomic E-state index is 11.5. The number of fused-ring (bicyclic) bond motifs is 1. The van der Waals surface area contributed by atoms with E-state index in [0.717, 1.165) is 18.7 Å². The Morgan fingerprint density at radius 1 is 1.40 bits per heavy atom. The van der Waals surface area contributed by atoms with Gasteiger partial charge in [0.05, 0.1) is 0 Å². The minimum atomic E-state index is -0.348. The van der Waals surface area contributed by atoms with E-state index in [1.807, 2.05) is 6.07 Å². The molecule has 0 saturated carbocycles. The van der Waals surface area contributed by atoms with Crippen molar-refractivity contribution in [3.63, 3.8) is 0 Å². The van der Waals surface area contributed by atoms with Gasteiger partial charge in [-0.1, -0.05) is 6.07 Å². The molecule has 4 heteroatoms. The van der Waals surface area contributed by atoms with Crippen molar-refractivity contribution in [2.24, 2.45) is 0 Å². The van der Waals surface area contributed by atoms with Crippen molar-refractivity contribution < 1.29 is 9.59 Å². The molecule has 0 aromatic heterocycles. The van der Waals surface area contributed by atoms with Crippen molar-refractivity contribution >= 4 is 17.5 Å². The van der Waals surface area contributed by atoms with Gasteiger partial charge in [-0.25, -0.2) is 0 Å². The van der Waals surface area contributed by atoms with Crippen LogP contribution in [0.2, 0.25) is 0 Å². The Morgan fingerprint density at radius 3 is 2.93 bits per heavy atom. The number of hydrogen-bond donors (Lipinski definition) is 2. The third-order valence-corrected chi connectivity index (χ3v) is 2.37. The number of rotatable bonds is 1. The van der Waals surface area contributed by atoms with Crippen molar-refractivity contribution in [1.82, 2.24) is 5.32 Å². The van der Waals surface area contributed by atoms with E-state index in [1.165, 1.54) is 12.5 Å². The van der Waals surface area contributed by atoms with Gasteiger partial charge in [-0.05, 0) is 24.1 Å². The third-order valence-electron chi connectivity index (χ3n) is 2.37. The van der Waals surface area contributed by atoms with Crippen LogP contribution < -0.4 is 10.6 Å². The number of carbonyl (C=O) groups is 2. The summed E-state index contributed by atoms with van der Waals surface area (Å²) in [7, 11) is 0. The summed E-state index contributed by atoms with van der Waals surface area (Å²) in [6.45, 7) is 2.23. The summed E-state index contributed by atoms with van der Waals surface area (Å²) in [4.78, 5) is 22.2. The second-order valence-electron chi connectivity index (χ2n) is 3.56. The predicted molar refractivity (Wildman–Crippen MR) is 56.8 cm³/mol. The van der Waals surface area contributed by atoms with Gasteiger partial charge in [0.15, 0.2) is 0 Å². The van der Waals surface area contributed by atoms with E-state index in [0.29, 0.717) is 5.56 Å². The lowest BCUT2D eigenvalue weighted by atomic mass is 10.1. The zero-order valence-corrected chi connectivity index (χ0v) is 8.46. The Labute approximate surface area is 87.7 Å². The fraction of sp³-hybridized carbons (Fsp3) is 0.273. The summed E-state index contributed by atoms with van der Waals surface area (Å²) in [5, 5.41) is 5.43. The highest BCUT2D eigenvalue weighted by molar-refractivity contribution is 6.04. The summed E-state index contributed by atoms with van der Waals surface area (Å²) < 4.78 is 0. The average molecular weight is 204 g/mol. The summed E-state index contributed by atoms with van der Waals surface area (Å²) >= 11 is 0. The number of hydrogen-bond acceptors (Lipinski definition) is 3. The van der Waals surface area contributed by atoms with Gasteiger partial charge in [-0.3, -0.25) is 14.9 Å². The second kappa shape index (κ2) is 3.73. The third kappa shape index (κ3) is 1.98. The van der Waals surface area contributed by atoms with Crippen LogP contribution >= 0.6 is 0 Å². The van der Waals surface area contributed by atoms with Crippen molar-refractivity contribution in [3.8, 4) is 0 Å². The van der Waals surface area contributed by atoms with E-state index in [2.05, 4.69) is 10.6 Å². The minimum absolute atomic E-state index is 0.339. The highest BCUT2D eigenvalue weighted by Gasteiger charge is 2.13. The maximum Gasteiger partial charge on any atom is 0.257 e. The largest absolute Gasteiger partial charge is 0.384 e. The van der Waals surface area contributed by atoms with E-state index < -0.39 is 0 Å². The van der Waals surface area contributed by atoms with Crippen LogP contribution in [-0.2, 0) is 11.2 Å². The van der Waals surface area contributed by atoms with Crippen molar-refractivity contribution in [2.45, 2.75) is 13.3 Å². The molecule has 78 valence electrons. The van der Waals surface area contributed by atoms with E-state index in [1.54, 1.807) is 12.1 Å². The first-order valence-corrected chi connectivity index (χ1v) is 4.85. The number of amides is 2. The normalized spacial score (nSPS) is 12.9. The number of nitrogens with one attached hydrogen (secondary N) is 2. The standard InChI is InChI=1S/C11H12N2O2/c1-7(14)13-11(15)9-3-2-8-4-5-12-10(8)6-9/h2-3,6,12H,4-5H2,1H3,(H,13,14,15). The fourth-order valence-corrected chi connectivity index (χ4v) is 1.66. The van der Waals surface area contributed by atoms with Gasteiger partial charge < -0.3 is 5.32 Å². The Hall–Kier alpha value is -1.84. The quantitative estimate of drug-likeness (QED) is 0.715. The van der Waals surface area contributed by atoms with Crippen LogP contribution in [0.25, 0.3) is 0 Å². The van der Waals surface area contributed by atoms with Gasteiger partial charge >= 0.3 is 0 Å². The van der Waals surface area contributed by atoms with Gasteiger partial charge in [0.2, 0.25) is 5.91 Å². The predicted octanol–water partition coefficient (Wildman–Crippen LogP) is 0.931. The Bertz CT molecular complexity index is 427. The van der Waals surface area contributed by atoms with Crippen LogP contribution in [0.4, 0.5) is 5.69 Å². The molecule has 0 bridgehead atoms. The van der Waals surface area contributed by atoms with Gasteiger partial charge in [-0.2, -0.15) is 0 Å². The SMILES string of the molecule is CC(=O)NC(=O)c1ccc2c(c1)NCC2. The monoisotopic (exact) mass is 204 g/mol. The van der Waals surface area contributed by atoms with Crippen molar-refractivity contribution in [3.05, 3.63) is 29.3 Å². The van der Waals surface area contributed by atoms with Gasteiger partial charge in [0.1, 0.15) is 0 Å². The highest BCUT2D eigenvalue weighted by Crippen LogP contribution is 2.22. The highest BCUT2D eigenvalue weighted by atomic mass is 16.2. The molecule has 0 unspecified atom stereocenters. The van der Waals surface area contributed by atoms with E-state index in [9.17, 15) is 9.59 Å². The molecule has 15 heavy (non-hydrogen) atoms. The molecule has 0 atom stereocenters. The molecule has 0 saturated heterocycles. The smallest absolute Gasteiger partial charge is 0.257 e. The molecule has 0 radical (unpaired) electrons. The maximum absolute atomic E-state index is 11.5. The minimum Gasteiger partial charge on any atom is -0.384 e. The molecule has 2 rings (SSSR count). The zero-order valence-electron chi connectivity index (χ0n) is 8.46. The number of benzene rings is 1. The first-order valence-electron chi connectivity index (χ1n) is 4.85. The molecule has 1 aliphatic heterocycles. The molecular formula is C11H12N2O2. The van der Waals surface area contributed by atoms with Gasteiger partial charge in [-0.15, -0.1) is 0 Å². The van der Waals surface area contributed by atoms with Crippen molar-refractivity contribution in [2.75, 3.05) is 11.9 Å². The molecule has 0 aliphatic carbocycles. The fourth-order valence-electron chi connectivity index (χ4n) is 1.66. The lowest BCUT2D eigenvalue weighted by molar-refractivity contribution is -0.118. The molecule has 2 amide bonds.